The van der Waals surface area contributed by atoms with Crippen molar-refractivity contribution in [3.05, 3.63) is 0 Å². The minimum atomic E-state index is -3.10. The van der Waals surface area contributed by atoms with Crippen LogP contribution in [-0.2, 0) is 14.8 Å². The van der Waals surface area contributed by atoms with Crippen LogP contribution in [0.25, 0.3) is 0 Å². The van der Waals surface area contributed by atoms with Crippen LogP contribution in [-0.4, -0.2) is 48.8 Å². The van der Waals surface area contributed by atoms with Crippen LogP contribution in [0.1, 0.15) is 26.7 Å². The van der Waals surface area contributed by atoms with E-state index in [2.05, 4.69) is 21.2 Å². The van der Waals surface area contributed by atoms with Crippen molar-refractivity contribution < 1.29 is 13.2 Å². The second-order valence-electron chi connectivity index (χ2n) is 5.09. The highest BCUT2D eigenvalue weighted by molar-refractivity contribution is 9.10. The summed E-state index contributed by atoms with van der Waals surface area (Å²) in [6.07, 6.45) is 2.58. The first-order valence-electron chi connectivity index (χ1n) is 6.11. The number of hydrogen-bond acceptors (Lipinski definition) is 3. The lowest BCUT2D eigenvalue weighted by Gasteiger charge is -2.31. The van der Waals surface area contributed by atoms with Crippen molar-refractivity contribution in [2.75, 3.05) is 19.3 Å². The largest absolute Gasteiger partial charge is 0.352 e. The fourth-order valence-corrected chi connectivity index (χ4v) is 2.92. The summed E-state index contributed by atoms with van der Waals surface area (Å²) in [5, 5.41) is 2.96. The van der Waals surface area contributed by atoms with Crippen molar-refractivity contribution in [1.29, 1.82) is 0 Å². The highest BCUT2D eigenvalue weighted by atomic mass is 79.9. The van der Waals surface area contributed by atoms with Gasteiger partial charge in [-0.25, -0.2) is 12.7 Å². The molecule has 0 saturated carbocycles. The molecule has 18 heavy (non-hydrogen) atoms. The second kappa shape index (κ2) is 6.34. The van der Waals surface area contributed by atoms with E-state index in [1.165, 1.54) is 10.6 Å². The van der Waals surface area contributed by atoms with E-state index in [0.717, 1.165) is 0 Å². The molecule has 1 fully saturated rings. The maximum Gasteiger partial charge on any atom is 0.234 e. The number of nitrogens with zero attached hydrogens (tertiary/aromatic N) is 1. The monoisotopic (exact) mass is 340 g/mol. The smallest absolute Gasteiger partial charge is 0.234 e. The number of halogens is 1. The normalized spacial score (nSPS) is 20.9. The van der Waals surface area contributed by atoms with Crippen molar-refractivity contribution >= 4 is 31.9 Å². The molecule has 0 aromatic carbocycles. The molecule has 106 valence electrons. The number of hydrogen-bond donors (Lipinski definition) is 1. The van der Waals surface area contributed by atoms with Crippen molar-refractivity contribution in [1.82, 2.24) is 9.62 Å². The number of sulfonamides is 1. The van der Waals surface area contributed by atoms with Gasteiger partial charge in [0.2, 0.25) is 15.9 Å². The highest BCUT2D eigenvalue weighted by Gasteiger charge is 2.27. The van der Waals surface area contributed by atoms with E-state index < -0.39 is 10.0 Å². The summed E-state index contributed by atoms with van der Waals surface area (Å²) >= 11 is 3.36. The fourth-order valence-electron chi connectivity index (χ4n) is 1.92. The second-order valence-corrected chi connectivity index (χ2v) is 8.06. The molecular formula is C11H21BrN2O3S. The summed E-state index contributed by atoms with van der Waals surface area (Å²) in [6, 6.07) is 0.0781. The zero-order valence-corrected chi connectivity index (χ0v) is 13.4. The van der Waals surface area contributed by atoms with Crippen LogP contribution in [0.2, 0.25) is 0 Å². The van der Waals surface area contributed by atoms with Crippen LogP contribution in [0.15, 0.2) is 0 Å². The first-order valence-corrected chi connectivity index (χ1v) is 8.87. The quantitative estimate of drug-likeness (QED) is 0.774. The SMILES string of the molecule is CC(C)C(Br)C(=O)NC1CCN(S(C)(=O)=O)CC1. The van der Waals surface area contributed by atoms with Gasteiger partial charge < -0.3 is 5.32 Å². The lowest BCUT2D eigenvalue weighted by Crippen LogP contribution is -2.48. The molecule has 1 heterocycles. The summed E-state index contributed by atoms with van der Waals surface area (Å²) in [4.78, 5) is 11.7. The van der Waals surface area contributed by atoms with Crippen LogP contribution in [0.5, 0.6) is 0 Å². The van der Waals surface area contributed by atoms with Gasteiger partial charge in [0, 0.05) is 19.1 Å². The molecule has 1 atom stereocenters. The van der Waals surface area contributed by atoms with Crippen LogP contribution < -0.4 is 5.32 Å². The average Bonchev–Trinajstić information content (AvgIpc) is 2.27. The van der Waals surface area contributed by atoms with E-state index in [0.29, 0.717) is 25.9 Å². The van der Waals surface area contributed by atoms with E-state index in [1.54, 1.807) is 0 Å². The first kappa shape index (κ1) is 15.9. The molecule has 0 aromatic heterocycles. The van der Waals surface area contributed by atoms with Crippen LogP contribution in [0.3, 0.4) is 0 Å². The van der Waals surface area contributed by atoms with E-state index in [1.807, 2.05) is 13.8 Å². The van der Waals surface area contributed by atoms with Gasteiger partial charge in [-0.15, -0.1) is 0 Å². The number of carbonyl (C=O) groups excluding carboxylic acids is 1. The molecule has 1 saturated heterocycles. The van der Waals surface area contributed by atoms with Crippen LogP contribution in [0, 0.1) is 5.92 Å². The van der Waals surface area contributed by atoms with Gasteiger partial charge in [0.25, 0.3) is 0 Å². The lowest BCUT2D eigenvalue weighted by atomic mass is 10.1. The lowest BCUT2D eigenvalue weighted by molar-refractivity contribution is -0.122. The molecule has 5 nitrogen and oxygen atoms in total. The third kappa shape index (κ3) is 4.51. The number of amides is 1. The predicted octanol–water partition coefficient (Wildman–Crippen LogP) is 0.946. The zero-order valence-electron chi connectivity index (χ0n) is 11.0. The van der Waals surface area contributed by atoms with Gasteiger partial charge in [0.1, 0.15) is 0 Å². The van der Waals surface area contributed by atoms with Crippen molar-refractivity contribution in [2.45, 2.75) is 37.6 Å². The molecule has 1 unspecified atom stereocenters. The Kier molecular flexibility index (Phi) is 5.61. The van der Waals surface area contributed by atoms with E-state index in [9.17, 15) is 13.2 Å². The fraction of sp³-hybridized carbons (Fsp3) is 0.909. The molecule has 0 aromatic rings. The Labute approximate surface area is 117 Å². The number of carbonyl (C=O) groups is 1. The Bertz CT molecular complexity index is 389. The van der Waals surface area contributed by atoms with Gasteiger partial charge in [-0.2, -0.15) is 0 Å². The Hall–Kier alpha value is -0.140. The first-order chi connectivity index (χ1) is 8.21. The predicted molar refractivity (Wildman–Crippen MR) is 75.1 cm³/mol. The summed E-state index contributed by atoms with van der Waals surface area (Å²) in [5.74, 6) is 0.226. The standard InChI is InChI=1S/C11H21BrN2O3S/c1-8(2)10(12)11(15)13-9-4-6-14(7-5-9)18(3,16)17/h8-10H,4-7H2,1-3H3,(H,13,15). The van der Waals surface area contributed by atoms with Crippen molar-refractivity contribution in [2.24, 2.45) is 5.92 Å². The summed E-state index contributed by atoms with van der Waals surface area (Å²) in [7, 11) is -3.10. The van der Waals surface area contributed by atoms with Gasteiger partial charge in [-0.3, -0.25) is 4.79 Å². The van der Waals surface area contributed by atoms with Gasteiger partial charge in [0.15, 0.2) is 0 Å². The molecule has 0 radical (unpaired) electrons. The Morgan fingerprint density at radius 3 is 2.22 bits per heavy atom. The zero-order chi connectivity index (χ0) is 13.9. The average molecular weight is 341 g/mol. The van der Waals surface area contributed by atoms with E-state index >= 15 is 0 Å². The third-order valence-corrected chi connectivity index (χ3v) is 5.88. The maximum absolute atomic E-state index is 11.8. The number of piperidine rings is 1. The van der Waals surface area contributed by atoms with Crippen molar-refractivity contribution in [3.8, 4) is 0 Å². The van der Waals surface area contributed by atoms with Gasteiger partial charge >= 0.3 is 0 Å². The molecule has 0 spiro atoms. The number of rotatable bonds is 4. The summed E-state index contributed by atoms with van der Waals surface area (Å²) in [6.45, 7) is 4.92. The molecule has 1 aliphatic rings. The Morgan fingerprint density at radius 1 is 1.33 bits per heavy atom. The van der Waals surface area contributed by atoms with Gasteiger partial charge in [-0.05, 0) is 18.8 Å². The highest BCUT2D eigenvalue weighted by Crippen LogP contribution is 2.16. The van der Waals surface area contributed by atoms with E-state index in [-0.39, 0.29) is 22.7 Å². The molecule has 7 heteroatoms. The molecule has 1 aliphatic heterocycles. The van der Waals surface area contributed by atoms with Crippen LogP contribution in [0.4, 0.5) is 0 Å². The Morgan fingerprint density at radius 2 is 1.83 bits per heavy atom. The third-order valence-electron chi connectivity index (χ3n) is 3.11. The summed E-state index contributed by atoms with van der Waals surface area (Å²) < 4.78 is 24.1. The minimum Gasteiger partial charge on any atom is -0.352 e. The molecule has 0 aliphatic carbocycles. The minimum absolute atomic E-state index is 0.0113. The Balaban J connectivity index is 2.43. The molecular weight excluding hydrogens is 320 g/mol. The molecule has 1 rings (SSSR count). The summed E-state index contributed by atoms with van der Waals surface area (Å²) in [5.41, 5.74) is 0. The van der Waals surface area contributed by atoms with E-state index in [4.69, 9.17) is 0 Å². The molecule has 0 bridgehead atoms. The topological polar surface area (TPSA) is 66.5 Å². The number of nitrogens with one attached hydrogen (secondary N) is 1. The van der Waals surface area contributed by atoms with Gasteiger partial charge in [-0.1, -0.05) is 29.8 Å². The van der Waals surface area contributed by atoms with Crippen LogP contribution >= 0.6 is 15.9 Å². The molecule has 1 N–H and O–H groups in total. The maximum atomic E-state index is 11.8. The number of alkyl halides is 1. The van der Waals surface area contributed by atoms with Crippen molar-refractivity contribution in [3.63, 3.8) is 0 Å². The molecule has 1 amide bonds. The van der Waals surface area contributed by atoms with Gasteiger partial charge in [0.05, 0.1) is 11.1 Å².